The van der Waals surface area contributed by atoms with Crippen molar-refractivity contribution in [2.45, 2.75) is 26.8 Å². The van der Waals surface area contributed by atoms with Gasteiger partial charge in [-0.2, -0.15) is 0 Å². The summed E-state index contributed by atoms with van der Waals surface area (Å²) < 4.78 is 0. The van der Waals surface area contributed by atoms with E-state index in [0.29, 0.717) is 24.4 Å². The van der Waals surface area contributed by atoms with Gasteiger partial charge >= 0.3 is 0 Å². The smallest absolute Gasteiger partial charge is 0.248 e. The second-order valence-corrected chi connectivity index (χ2v) is 4.07. The van der Waals surface area contributed by atoms with Gasteiger partial charge in [0.25, 0.3) is 0 Å². The van der Waals surface area contributed by atoms with Gasteiger partial charge in [-0.1, -0.05) is 13.8 Å². The van der Waals surface area contributed by atoms with Gasteiger partial charge in [-0.3, -0.25) is 15.1 Å². The zero-order chi connectivity index (χ0) is 10.0. The minimum atomic E-state index is -0.104. The Labute approximate surface area is 79.4 Å². The van der Waals surface area contributed by atoms with Crippen molar-refractivity contribution in [3.8, 4) is 0 Å². The van der Waals surface area contributed by atoms with Crippen molar-refractivity contribution in [2.24, 2.45) is 17.7 Å². The molecule has 76 valence electrons. The zero-order valence-electron chi connectivity index (χ0n) is 8.58. The number of hydrogen-bond acceptors (Lipinski definition) is 3. The molecule has 0 radical (unpaired) electrons. The lowest BCUT2D eigenvalue weighted by molar-refractivity contribution is -0.122. The van der Waals surface area contributed by atoms with Gasteiger partial charge in [0.15, 0.2) is 0 Å². The molecule has 13 heavy (non-hydrogen) atoms. The molecule has 0 aromatic carbocycles. The number of hydrazine groups is 1. The number of carbonyl (C=O) groups is 1. The topological polar surface area (TPSA) is 58.4 Å². The number of likely N-dealkylation sites (tertiary alicyclic amines) is 1. The molecule has 0 spiro atoms. The first kappa shape index (κ1) is 10.5. The minimum absolute atomic E-state index is 0.104. The third-order valence-corrected chi connectivity index (χ3v) is 3.26. The van der Waals surface area contributed by atoms with Gasteiger partial charge in [0.2, 0.25) is 5.91 Å². The highest BCUT2D eigenvalue weighted by Crippen LogP contribution is 2.28. The third kappa shape index (κ3) is 2.19. The molecule has 0 aromatic rings. The van der Waals surface area contributed by atoms with Crippen LogP contribution in [0.2, 0.25) is 0 Å². The van der Waals surface area contributed by atoms with E-state index in [1.165, 1.54) is 0 Å². The van der Waals surface area contributed by atoms with Crippen LogP contribution in [0.3, 0.4) is 0 Å². The standard InChI is InChI=1S/C9H19N3O/c1-6-4-12(5-9(13)11-10)8(3)7(6)2/h6-8H,4-5,10H2,1-3H3,(H,11,13). The molecule has 3 unspecified atom stereocenters. The largest absolute Gasteiger partial charge is 0.293 e. The van der Waals surface area contributed by atoms with Crippen molar-refractivity contribution >= 4 is 5.91 Å². The van der Waals surface area contributed by atoms with Crippen LogP contribution in [0.5, 0.6) is 0 Å². The van der Waals surface area contributed by atoms with Crippen LogP contribution in [0.1, 0.15) is 20.8 Å². The van der Waals surface area contributed by atoms with E-state index in [1.807, 2.05) is 0 Å². The highest BCUT2D eigenvalue weighted by molar-refractivity contribution is 5.77. The summed E-state index contributed by atoms with van der Waals surface area (Å²) >= 11 is 0. The minimum Gasteiger partial charge on any atom is -0.293 e. The molecule has 1 amide bonds. The molecule has 0 bridgehead atoms. The highest BCUT2D eigenvalue weighted by atomic mass is 16.2. The molecule has 1 rings (SSSR count). The van der Waals surface area contributed by atoms with E-state index in [2.05, 4.69) is 31.1 Å². The molecule has 0 aromatic heterocycles. The van der Waals surface area contributed by atoms with E-state index in [-0.39, 0.29) is 5.91 Å². The number of amides is 1. The zero-order valence-corrected chi connectivity index (χ0v) is 8.58. The summed E-state index contributed by atoms with van der Waals surface area (Å²) in [4.78, 5) is 13.2. The van der Waals surface area contributed by atoms with Crippen LogP contribution in [0.25, 0.3) is 0 Å². The Kier molecular flexibility index (Phi) is 3.27. The fourth-order valence-electron chi connectivity index (χ4n) is 1.95. The van der Waals surface area contributed by atoms with Crippen LogP contribution in [0.15, 0.2) is 0 Å². The van der Waals surface area contributed by atoms with Crippen molar-refractivity contribution in [1.29, 1.82) is 0 Å². The number of nitrogens with one attached hydrogen (secondary N) is 1. The molecule has 1 saturated heterocycles. The molecule has 4 heteroatoms. The van der Waals surface area contributed by atoms with Crippen LogP contribution in [-0.2, 0) is 4.79 Å². The Hall–Kier alpha value is -0.610. The Morgan fingerprint density at radius 1 is 1.54 bits per heavy atom. The summed E-state index contributed by atoms with van der Waals surface area (Å²) in [6.07, 6.45) is 0. The average Bonchev–Trinajstić information content (AvgIpc) is 2.34. The first-order valence-corrected chi connectivity index (χ1v) is 4.79. The van der Waals surface area contributed by atoms with E-state index >= 15 is 0 Å². The monoisotopic (exact) mass is 185 g/mol. The second kappa shape index (κ2) is 4.07. The SMILES string of the molecule is CC1CN(CC(=O)NN)C(C)C1C. The van der Waals surface area contributed by atoms with Gasteiger partial charge in [-0.05, 0) is 18.8 Å². The van der Waals surface area contributed by atoms with Crippen molar-refractivity contribution < 1.29 is 4.79 Å². The van der Waals surface area contributed by atoms with Crippen LogP contribution >= 0.6 is 0 Å². The Morgan fingerprint density at radius 3 is 2.54 bits per heavy atom. The maximum Gasteiger partial charge on any atom is 0.248 e. The summed E-state index contributed by atoms with van der Waals surface area (Å²) in [5.41, 5.74) is 2.16. The fraction of sp³-hybridized carbons (Fsp3) is 0.889. The second-order valence-electron chi connectivity index (χ2n) is 4.07. The maximum absolute atomic E-state index is 11.0. The molecule has 0 saturated carbocycles. The van der Waals surface area contributed by atoms with Gasteiger partial charge in [0, 0.05) is 12.6 Å². The molecule has 0 aliphatic carbocycles. The molecule has 1 aliphatic heterocycles. The van der Waals surface area contributed by atoms with Gasteiger partial charge < -0.3 is 0 Å². The predicted octanol–water partition coefficient (Wildman–Crippen LogP) is -0.0474. The highest BCUT2D eigenvalue weighted by Gasteiger charge is 2.33. The lowest BCUT2D eigenvalue weighted by atomic mass is 9.95. The first-order chi connectivity index (χ1) is 6.06. The Balaban J connectivity index is 2.49. The molecule has 4 nitrogen and oxygen atoms in total. The van der Waals surface area contributed by atoms with Gasteiger partial charge in [0.05, 0.1) is 6.54 Å². The van der Waals surface area contributed by atoms with Crippen LogP contribution in [0, 0.1) is 11.8 Å². The summed E-state index contributed by atoms with van der Waals surface area (Å²) in [7, 11) is 0. The van der Waals surface area contributed by atoms with Crippen molar-refractivity contribution in [3.05, 3.63) is 0 Å². The Morgan fingerprint density at radius 2 is 2.15 bits per heavy atom. The molecule has 3 atom stereocenters. The predicted molar refractivity (Wildman–Crippen MR) is 51.7 cm³/mol. The summed E-state index contributed by atoms with van der Waals surface area (Å²) in [6.45, 7) is 8.04. The van der Waals surface area contributed by atoms with E-state index in [1.54, 1.807) is 0 Å². The number of rotatable bonds is 2. The lowest BCUT2D eigenvalue weighted by Crippen LogP contribution is -2.42. The summed E-state index contributed by atoms with van der Waals surface area (Å²) in [5, 5.41) is 0. The quantitative estimate of drug-likeness (QED) is 0.360. The van der Waals surface area contributed by atoms with Crippen LogP contribution in [-0.4, -0.2) is 29.9 Å². The molecule has 1 heterocycles. The Bertz CT molecular complexity index is 195. The molecule has 3 N–H and O–H groups in total. The van der Waals surface area contributed by atoms with Crippen LogP contribution in [0.4, 0.5) is 0 Å². The fourth-order valence-corrected chi connectivity index (χ4v) is 1.95. The van der Waals surface area contributed by atoms with E-state index in [9.17, 15) is 4.79 Å². The maximum atomic E-state index is 11.0. The van der Waals surface area contributed by atoms with E-state index < -0.39 is 0 Å². The number of hydrogen-bond donors (Lipinski definition) is 2. The van der Waals surface area contributed by atoms with E-state index in [4.69, 9.17) is 5.84 Å². The van der Waals surface area contributed by atoms with E-state index in [0.717, 1.165) is 6.54 Å². The molecular weight excluding hydrogens is 166 g/mol. The number of nitrogens with two attached hydrogens (primary N) is 1. The lowest BCUT2D eigenvalue weighted by Gasteiger charge is -2.21. The van der Waals surface area contributed by atoms with Crippen molar-refractivity contribution in [1.82, 2.24) is 10.3 Å². The average molecular weight is 185 g/mol. The normalized spacial score (nSPS) is 34.9. The molecule has 1 aliphatic rings. The van der Waals surface area contributed by atoms with Gasteiger partial charge in [-0.25, -0.2) is 5.84 Å². The van der Waals surface area contributed by atoms with Crippen molar-refractivity contribution in [3.63, 3.8) is 0 Å². The third-order valence-electron chi connectivity index (χ3n) is 3.26. The van der Waals surface area contributed by atoms with Crippen molar-refractivity contribution in [2.75, 3.05) is 13.1 Å². The van der Waals surface area contributed by atoms with Gasteiger partial charge in [-0.15, -0.1) is 0 Å². The number of carbonyl (C=O) groups excluding carboxylic acids is 1. The first-order valence-electron chi connectivity index (χ1n) is 4.79. The van der Waals surface area contributed by atoms with Gasteiger partial charge in [0.1, 0.15) is 0 Å². The molecular formula is C9H19N3O. The van der Waals surface area contributed by atoms with Crippen LogP contribution < -0.4 is 11.3 Å². The summed E-state index contributed by atoms with van der Waals surface area (Å²) in [6, 6.07) is 0.479. The number of nitrogens with zero attached hydrogens (tertiary/aromatic N) is 1. The molecule has 1 fully saturated rings. The summed E-state index contributed by atoms with van der Waals surface area (Å²) in [5.74, 6) is 6.26.